The van der Waals surface area contributed by atoms with Crippen LogP contribution in [0, 0.1) is 6.92 Å². The molecule has 0 saturated carbocycles. The summed E-state index contributed by atoms with van der Waals surface area (Å²) in [5.74, 6) is 0.960. The van der Waals surface area contributed by atoms with Crippen LogP contribution in [0.25, 0.3) is 0 Å². The van der Waals surface area contributed by atoms with E-state index in [4.69, 9.17) is 14.3 Å². The van der Waals surface area contributed by atoms with Crippen molar-refractivity contribution in [3.8, 4) is 5.95 Å². The molecule has 0 bridgehead atoms. The number of aryl methyl sites for hydroxylation is 1. The largest absolute Gasteiger partial charge is 0.467 e. The first-order valence-electron chi connectivity index (χ1n) is 3.39. The van der Waals surface area contributed by atoms with Gasteiger partial charge in [0.1, 0.15) is 5.69 Å². The maximum absolute atomic E-state index is 8.61. The molecular formula is C7H11NO3. The zero-order valence-electron chi connectivity index (χ0n) is 6.63. The summed E-state index contributed by atoms with van der Waals surface area (Å²) in [6, 6.07) is 0. The molecule has 1 N–H and O–H groups in total. The summed E-state index contributed by atoms with van der Waals surface area (Å²) in [5, 5.41) is 8.61. The van der Waals surface area contributed by atoms with Gasteiger partial charge in [-0.3, -0.25) is 0 Å². The predicted octanol–water partition coefficient (Wildman–Crippen LogP) is 0.526. The van der Waals surface area contributed by atoms with Gasteiger partial charge in [-0.1, -0.05) is 0 Å². The van der Waals surface area contributed by atoms with Crippen LogP contribution in [-0.2, 0) is 6.42 Å². The van der Waals surface area contributed by atoms with Crippen LogP contribution >= 0.6 is 0 Å². The van der Waals surface area contributed by atoms with Crippen LogP contribution in [0.15, 0.2) is 4.42 Å². The summed E-state index contributed by atoms with van der Waals surface area (Å²) in [7, 11) is 1.51. The molecule has 0 fully saturated rings. The fraction of sp³-hybridized carbons (Fsp3) is 0.571. The SMILES string of the molecule is COc1oc(C)nc1CCO. The van der Waals surface area contributed by atoms with Crippen LogP contribution in [-0.4, -0.2) is 23.8 Å². The molecule has 0 aromatic carbocycles. The first-order valence-corrected chi connectivity index (χ1v) is 3.39. The standard InChI is InChI=1S/C7H11NO3/c1-5-8-6(3-4-9)7(10-2)11-5/h9H,3-4H2,1-2H3. The minimum Gasteiger partial charge on any atom is -0.467 e. The summed E-state index contributed by atoms with van der Waals surface area (Å²) >= 11 is 0. The molecule has 4 heteroatoms. The molecule has 0 aliphatic heterocycles. The zero-order chi connectivity index (χ0) is 8.27. The number of aliphatic hydroxyl groups is 1. The Balaban J connectivity index is 2.83. The second kappa shape index (κ2) is 3.39. The first kappa shape index (κ1) is 8.07. The molecule has 0 atom stereocenters. The van der Waals surface area contributed by atoms with Gasteiger partial charge in [0.25, 0.3) is 0 Å². The fourth-order valence-electron chi connectivity index (χ4n) is 0.875. The quantitative estimate of drug-likeness (QED) is 0.695. The van der Waals surface area contributed by atoms with Crippen LogP contribution in [0.5, 0.6) is 5.95 Å². The van der Waals surface area contributed by atoms with Crippen molar-refractivity contribution in [1.29, 1.82) is 0 Å². The highest BCUT2D eigenvalue weighted by Gasteiger charge is 2.09. The van der Waals surface area contributed by atoms with Gasteiger partial charge < -0.3 is 14.3 Å². The van der Waals surface area contributed by atoms with Crippen LogP contribution < -0.4 is 4.74 Å². The third-order valence-electron chi connectivity index (χ3n) is 1.30. The van der Waals surface area contributed by atoms with Gasteiger partial charge in [-0.15, -0.1) is 0 Å². The Morgan fingerprint density at radius 1 is 1.64 bits per heavy atom. The highest BCUT2D eigenvalue weighted by Crippen LogP contribution is 2.18. The van der Waals surface area contributed by atoms with E-state index in [1.54, 1.807) is 6.92 Å². The minimum atomic E-state index is 0.0579. The topological polar surface area (TPSA) is 55.5 Å². The Bertz CT molecular complexity index is 232. The lowest BCUT2D eigenvalue weighted by atomic mass is 10.3. The highest BCUT2D eigenvalue weighted by atomic mass is 16.6. The predicted molar refractivity (Wildman–Crippen MR) is 38.6 cm³/mol. The van der Waals surface area contributed by atoms with Gasteiger partial charge in [-0.2, -0.15) is 0 Å². The van der Waals surface area contributed by atoms with Gasteiger partial charge in [0, 0.05) is 20.0 Å². The second-order valence-electron chi connectivity index (χ2n) is 2.14. The van der Waals surface area contributed by atoms with E-state index in [2.05, 4.69) is 4.98 Å². The number of methoxy groups -OCH3 is 1. The number of oxazole rings is 1. The van der Waals surface area contributed by atoms with E-state index in [1.165, 1.54) is 7.11 Å². The first-order chi connectivity index (χ1) is 5.27. The van der Waals surface area contributed by atoms with E-state index in [0.29, 0.717) is 24.0 Å². The number of aliphatic hydroxyl groups excluding tert-OH is 1. The van der Waals surface area contributed by atoms with E-state index < -0.39 is 0 Å². The second-order valence-corrected chi connectivity index (χ2v) is 2.14. The molecule has 0 amide bonds. The molecule has 1 aromatic rings. The van der Waals surface area contributed by atoms with Crippen LogP contribution in [0.4, 0.5) is 0 Å². The van der Waals surface area contributed by atoms with E-state index in [1.807, 2.05) is 0 Å². The summed E-state index contributed by atoms with van der Waals surface area (Å²) < 4.78 is 9.95. The van der Waals surface area contributed by atoms with Crippen molar-refractivity contribution in [1.82, 2.24) is 4.98 Å². The number of ether oxygens (including phenoxy) is 1. The Morgan fingerprint density at radius 3 is 2.91 bits per heavy atom. The van der Waals surface area contributed by atoms with Gasteiger partial charge in [0.05, 0.1) is 7.11 Å². The molecule has 1 heterocycles. The molecule has 0 radical (unpaired) electrons. The lowest BCUT2D eigenvalue weighted by Gasteiger charge is -1.94. The number of hydrogen-bond acceptors (Lipinski definition) is 4. The molecular weight excluding hydrogens is 146 g/mol. The summed E-state index contributed by atoms with van der Waals surface area (Å²) in [6.45, 7) is 1.80. The Morgan fingerprint density at radius 2 is 2.36 bits per heavy atom. The van der Waals surface area contributed by atoms with E-state index in [-0.39, 0.29) is 6.61 Å². The average molecular weight is 157 g/mol. The molecule has 4 nitrogen and oxygen atoms in total. The molecule has 0 aliphatic carbocycles. The number of rotatable bonds is 3. The Hall–Kier alpha value is -1.03. The van der Waals surface area contributed by atoms with Crippen molar-refractivity contribution in [3.63, 3.8) is 0 Å². The van der Waals surface area contributed by atoms with E-state index in [0.717, 1.165) is 0 Å². The molecule has 62 valence electrons. The molecule has 1 rings (SSSR count). The van der Waals surface area contributed by atoms with Crippen molar-refractivity contribution >= 4 is 0 Å². The van der Waals surface area contributed by atoms with Crippen molar-refractivity contribution in [3.05, 3.63) is 11.6 Å². The third kappa shape index (κ3) is 1.71. The summed E-state index contributed by atoms with van der Waals surface area (Å²) in [5.41, 5.74) is 0.674. The minimum absolute atomic E-state index is 0.0579. The number of hydrogen-bond donors (Lipinski definition) is 1. The van der Waals surface area contributed by atoms with Gasteiger partial charge in [0.15, 0.2) is 5.89 Å². The maximum atomic E-state index is 8.61. The summed E-state index contributed by atoms with van der Waals surface area (Å²) in [4.78, 5) is 4.02. The van der Waals surface area contributed by atoms with E-state index in [9.17, 15) is 0 Å². The number of nitrogens with zero attached hydrogens (tertiary/aromatic N) is 1. The molecule has 0 spiro atoms. The molecule has 1 aromatic heterocycles. The monoisotopic (exact) mass is 157 g/mol. The van der Waals surface area contributed by atoms with Gasteiger partial charge in [-0.25, -0.2) is 4.98 Å². The average Bonchev–Trinajstić information content (AvgIpc) is 2.32. The molecule has 0 unspecified atom stereocenters. The van der Waals surface area contributed by atoms with Gasteiger partial charge >= 0.3 is 5.95 Å². The smallest absolute Gasteiger partial charge is 0.308 e. The summed E-state index contributed by atoms with van der Waals surface area (Å²) in [6.07, 6.45) is 0.473. The highest BCUT2D eigenvalue weighted by molar-refractivity contribution is 5.15. The van der Waals surface area contributed by atoms with Crippen molar-refractivity contribution in [2.45, 2.75) is 13.3 Å². The van der Waals surface area contributed by atoms with Gasteiger partial charge in [-0.05, 0) is 0 Å². The van der Waals surface area contributed by atoms with Crippen molar-refractivity contribution in [2.75, 3.05) is 13.7 Å². The lowest BCUT2D eigenvalue weighted by molar-refractivity contribution is 0.278. The van der Waals surface area contributed by atoms with Crippen molar-refractivity contribution < 1.29 is 14.3 Å². The molecule has 11 heavy (non-hydrogen) atoms. The maximum Gasteiger partial charge on any atom is 0.308 e. The number of aromatic nitrogens is 1. The Labute approximate surface area is 64.8 Å². The molecule has 0 aliphatic rings. The molecule has 0 saturated heterocycles. The van der Waals surface area contributed by atoms with Crippen LogP contribution in [0.2, 0.25) is 0 Å². The Kier molecular flexibility index (Phi) is 2.48. The fourth-order valence-corrected chi connectivity index (χ4v) is 0.875. The third-order valence-corrected chi connectivity index (χ3v) is 1.30. The zero-order valence-corrected chi connectivity index (χ0v) is 6.63. The van der Waals surface area contributed by atoms with Crippen LogP contribution in [0.1, 0.15) is 11.6 Å². The lowest BCUT2D eigenvalue weighted by Crippen LogP contribution is -1.93. The van der Waals surface area contributed by atoms with Crippen LogP contribution in [0.3, 0.4) is 0 Å². The van der Waals surface area contributed by atoms with Crippen molar-refractivity contribution in [2.24, 2.45) is 0 Å². The van der Waals surface area contributed by atoms with Gasteiger partial charge in [0.2, 0.25) is 0 Å². The van der Waals surface area contributed by atoms with E-state index >= 15 is 0 Å². The normalized spacial score (nSPS) is 10.1.